The number of benzene rings is 1. The number of nitrogens with one attached hydrogen (secondary N) is 2. The Bertz CT molecular complexity index is 720. The molecule has 114 valence electrons. The number of carbonyl (C=O) groups is 1. The maximum atomic E-state index is 11.7. The molecule has 0 unspecified atom stereocenters. The molecule has 22 heavy (non-hydrogen) atoms. The molecule has 0 spiro atoms. The minimum Gasteiger partial charge on any atom is -0.378 e. The first-order chi connectivity index (χ1) is 10.5. The number of amides is 1. The average Bonchev–Trinajstić information content (AvgIpc) is 2.44. The molecule has 0 bridgehead atoms. The van der Waals surface area contributed by atoms with Crippen molar-refractivity contribution in [2.24, 2.45) is 0 Å². The zero-order chi connectivity index (χ0) is 15.9. The van der Waals surface area contributed by atoms with E-state index in [9.17, 15) is 4.79 Å². The van der Waals surface area contributed by atoms with Crippen LogP contribution in [-0.2, 0) is 0 Å². The lowest BCUT2D eigenvalue weighted by atomic mass is 10.0. The van der Waals surface area contributed by atoms with Crippen LogP contribution >= 0.6 is 0 Å². The van der Waals surface area contributed by atoms with Crippen molar-refractivity contribution in [2.45, 2.75) is 19.9 Å². The van der Waals surface area contributed by atoms with Gasteiger partial charge in [0.1, 0.15) is 11.4 Å². The van der Waals surface area contributed by atoms with Crippen molar-refractivity contribution in [3.05, 3.63) is 35.9 Å². The van der Waals surface area contributed by atoms with Gasteiger partial charge in [0.2, 0.25) is 0 Å². The zero-order valence-electron chi connectivity index (χ0n) is 13.3. The number of aromatic nitrogens is 1. The monoisotopic (exact) mass is 296 g/mol. The number of hydrogen-bond donors (Lipinski definition) is 2. The molecule has 5 heteroatoms. The fraction of sp³-hybridized carbons (Fsp3) is 0.294. The summed E-state index contributed by atoms with van der Waals surface area (Å²) in [6.07, 6.45) is 0. The normalized spacial score (nSPS) is 12.5. The van der Waals surface area contributed by atoms with Gasteiger partial charge in [-0.1, -0.05) is 12.1 Å². The molecule has 2 N–H and O–H groups in total. The average molecular weight is 296 g/mol. The van der Waals surface area contributed by atoms with Gasteiger partial charge in [0.05, 0.1) is 11.4 Å². The second kappa shape index (κ2) is 5.33. The highest BCUT2D eigenvalue weighted by atomic mass is 16.2. The van der Waals surface area contributed by atoms with Crippen LogP contribution in [0, 0.1) is 0 Å². The lowest BCUT2D eigenvalue weighted by Crippen LogP contribution is -2.28. The Morgan fingerprint density at radius 1 is 1.18 bits per heavy atom. The Morgan fingerprint density at radius 2 is 1.86 bits per heavy atom. The molecule has 1 aliphatic rings. The highest BCUT2D eigenvalue weighted by molar-refractivity contribution is 6.21. The number of pyridine rings is 1. The summed E-state index contributed by atoms with van der Waals surface area (Å²) in [5.74, 6) is 0.586. The number of fused-ring (bicyclic) bond motifs is 1. The summed E-state index contributed by atoms with van der Waals surface area (Å²) >= 11 is 0. The van der Waals surface area contributed by atoms with Crippen LogP contribution in [-0.4, -0.2) is 31.0 Å². The largest absolute Gasteiger partial charge is 0.378 e. The van der Waals surface area contributed by atoms with Gasteiger partial charge in [-0.25, -0.2) is 4.98 Å². The van der Waals surface area contributed by atoms with Gasteiger partial charge in [0.15, 0.2) is 0 Å². The van der Waals surface area contributed by atoms with Gasteiger partial charge in [-0.2, -0.15) is 0 Å². The van der Waals surface area contributed by atoms with Crippen LogP contribution in [0.25, 0.3) is 11.3 Å². The molecule has 3 rings (SSSR count). The molecule has 5 nitrogen and oxygen atoms in total. The van der Waals surface area contributed by atoms with Crippen LogP contribution in [0.15, 0.2) is 30.3 Å². The third-order valence-corrected chi connectivity index (χ3v) is 3.60. The standard InChI is InChI=1S/C17H20N4O/c1-10(2)18-16-15-14(20-17(15)22)9-13(19-16)11-5-7-12(8-6-11)21(3)4/h5-10H,1-4H3,(H,18,19)(H,20,22). The molecule has 1 aliphatic heterocycles. The van der Waals surface area contributed by atoms with E-state index in [0.29, 0.717) is 11.4 Å². The molecule has 2 aromatic rings. The number of carbonyl (C=O) groups excluding carboxylic acids is 1. The van der Waals surface area contributed by atoms with Gasteiger partial charge in [0, 0.05) is 31.4 Å². The Hall–Kier alpha value is -2.56. The van der Waals surface area contributed by atoms with Crippen LogP contribution < -0.4 is 15.5 Å². The van der Waals surface area contributed by atoms with Gasteiger partial charge in [-0.3, -0.25) is 4.79 Å². The molecular formula is C17H20N4O. The van der Waals surface area contributed by atoms with E-state index in [-0.39, 0.29) is 11.9 Å². The zero-order valence-corrected chi connectivity index (χ0v) is 13.3. The summed E-state index contributed by atoms with van der Waals surface area (Å²) in [6.45, 7) is 4.06. The highest BCUT2D eigenvalue weighted by Crippen LogP contribution is 2.35. The highest BCUT2D eigenvalue weighted by Gasteiger charge is 2.29. The first kappa shape index (κ1) is 14.4. The minimum absolute atomic E-state index is 0.0693. The lowest BCUT2D eigenvalue weighted by Gasteiger charge is -2.24. The molecule has 2 heterocycles. The quantitative estimate of drug-likeness (QED) is 0.909. The lowest BCUT2D eigenvalue weighted by molar-refractivity contribution is 0.101. The van der Waals surface area contributed by atoms with E-state index >= 15 is 0 Å². The van der Waals surface area contributed by atoms with Gasteiger partial charge in [-0.15, -0.1) is 0 Å². The van der Waals surface area contributed by atoms with Gasteiger partial charge in [0.25, 0.3) is 5.91 Å². The third kappa shape index (κ3) is 2.50. The second-order valence-corrected chi connectivity index (χ2v) is 5.97. The molecule has 0 radical (unpaired) electrons. The van der Waals surface area contributed by atoms with Gasteiger partial charge in [-0.05, 0) is 32.0 Å². The number of nitrogens with zero attached hydrogens (tertiary/aromatic N) is 2. The van der Waals surface area contributed by atoms with E-state index in [1.54, 1.807) is 0 Å². The summed E-state index contributed by atoms with van der Waals surface area (Å²) in [6, 6.07) is 10.4. The van der Waals surface area contributed by atoms with Crippen LogP contribution in [0.2, 0.25) is 0 Å². The molecule has 0 atom stereocenters. The summed E-state index contributed by atoms with van der Waals surface area (Å²) in [4.78, 5) is 18.4. The minimum atomic E-state index is -0.0693. The van der Waals surface area contributed by atoms with E-state index < -0.39 is 0 Å². The number of hydrogen-bond acceptors (Lipinski definition) is 4. The SMILES string of the molecule is CC(C)Nc1nc(-c2ccc(N(C)C)cc2)cc2c1C(=O)N2. The molecule has 1 amide bonds. The molecule has 0 saturated carbocycles. The Labute approximate surface area is 130 Å². The first-order valence-corrected chi connectivity index (χ1v) is 7.36. The molecule has 1 aromatic carbocycles. The van der Waals surface area contributed by atoms with Crippen molar-refractivity contribution >= 4 is 23.1 Å². The summed E-state index contributed by atoms with van der Waals surface area (Å²) in [5.41, 5.74) is 4.52. The third-order valence-electron chi connectivity index (χ3n) is 3.60. The second-order valence-electron chi connectivity index (χ2n) is 5.97. The molecule has 0 fully saturated rings. The predicted octanol–water partition coefficient (Wildman–Crippen LogP) is 3.20. The van der Waals surface area contributed by atoms with E-state index in [4.69, 9.17) is 0 Å². The molecule has 0 saturated heterocycles. The Kier molecular flexibility index (Phi) is 3.48. The maximum Gasteiger partial charge on any atom is 0.261 e. The van der Waals surface area contributed by atoms with Crippen LogP contribution in [0.4, 0.5) is 17.2 Å². The van der Waals surface area contributed by atoms with Crippen molar-refractivity contribution in [1.82, 2.24) is 4.98 Å². The number of anilines is 3. The van der Waals surface area contributed by atoms with E-state index in [1.165, 1.54) is 0 Å². The fourth-order valence-corrected chi connectivity index (χ4v) is 2.45. The Balaban J connectivity index is 2.01. The topological polar surface area (TPSA) is 57.3 Å². The first-order valence-electron chi connectivity index (χ1n) is 7.36. The fourth-order valence-electron chi connectivity index (χ4n) is 2.45. The van der Waals surface area contributed by atoms with E-state index in [2.05, 4.69) is 32.7 Å². The summed E-state index contributed by atoms with van der Waals surface area (Å²) in [5, 5.41) is 6.07. The van der Waals surface area contributed by atoms with Gasteiger partial charge < -0.3 is 15.5 Å². The van der Waals surface area contributed by atoms with Crippen molar-refractivity contribution in [2.75, 3.05) is 29.6 Å². The van der Waals surface area contributed by atoms with Gasteiger partial charge >= 0.3 is 0 Å². The Morgan fingerprint density at radius 3 is 2.41 bits per heavy atom. The van der Waals surface area contributed by atoms with Crippen molar-refractivity contribution in [3.8, 4) is 11.3 Å². The summed E-state index contributed by atoms with van der Waals surface area (Å²) in [7, 11) is 4.03. The van der Waals surface area contributed by atoms with Crippen molar-refractivity contribution in [3.63, 3.8) is 0 Å². The molecule has 1 aromatic heterocycles. The van der Waals surface area contributed by atoms with E-state index in [0.717, 1.165) is 22.6 Å². The van der Waals surface area contributed by atoms with Crippen LogP contribution in [0.1, 0.15) is 24.2 Å². The predicted molar refractivity (Wildman–Crippen MR) is 90.7 cm³/mol. The van der Waals surface area contributed by atoms with E-state index in [1.807, 2.05) is 46.1 Å². The van der Waals surface area contributed by atoms with Crippen molar-refractivity contribution < 1.29 is 4.79 Å². The molecular weight excluding hydrogens is 276 g/mol. The summed E-state index contributed by atoms with van der Waals surface area (Å²) < 4.78 is 0. The smallest absolute Gasteiger partial charge is 0.261 e. The van der Waals surface area contributed by atoms with Crippen LogP contribution in [0.3, 0.4) is 0 Å². The van der Waals surface area contributed by atoms with Crippen molar-refractivity contribution in [1.29, 1.82) is 0 Å². The van der Waals surface area contributed by atoms with Crippen LogP contribution in [0.5, 0.6) is 0 Å². The number of rotatable bonds is 4. The molecule has 0 aliphatic carbocycles. The maximum absolute atomic E-state index is 11.7.